The number of hydrogen-bond acceptors (Lipinski definition) is 1. The summed E-state index contributed by atoms with van der Waals surface area (Å²) in [6.45, 7) is 11.3. The molecule has 2 heteroatoms. The Balaban J connectivity index is 2.18. The molecule has 2 rings (SSSR count). The van der Waals surface area contributed by atoms with Gasteiger partial charge in [-0.2, -0.15) is 0 Å². The number of rotatable bonds is 3. The predicted molar refractivity (Wildman–Crippen MR) is 79.1 cm³/mol. The predicted octanol–water partition coefficient (Wildman–Crippen LogP) is 1.84. The van der Waals surface area contributed by atoms with E-state index < -0.39 is 5.60 Å². The molecule has 2 nitrogen and oxygen atoms in total. The summed E-state index contributed by atoms with van der Waals surface area (Å²) in [5, 5.41) is 11.1. The molecular weight excluding hydrogens is 234 g/mol. The lowest BCUT2D eigenvalue weighted by atomic mass is 9.74. The van der Waals surface area contributed by atoms with Crippen LogP contribution in [0.15, 0.2) is 30.3 Å². The zero-order chi connectivity index (χ0) is 14.0. The Morgan fingerprint density at radius 1 is 1.26 bits per heavy atom. The van der Waals surface area contributed by atoms with Gasteiger partial charge >= 0.3 is 0 Å². The third-order valence-corrected chi connectivity index (χ3v) is 4.64. The molecule has 1 aliphatic rings. The van der Waals surface area contributed by atoms with Crippen LogP contribution in [0.4, 0.5) is 0 Å². The van der Waals surface area contributed by atoms with Crippen molar-refractivity contribution in [3.05, 3.63) is 35.9 Å². The Morgan fingerprint density at radius 2 is 1.89 bits per heavy atom. The highest BCUT2D eigenvalue weighted by Crippen LogP contribution is 2.35. The Labute approximate surface area is 117 Å². The van der Waals surface area contributed by atoms with Crippen molar-refractivity contribution in [1.82, 2.24) is 0 Å². The fourth-order valence-corrected chi connectivity index (χ4v) is 3.51. The van der Waals surface area contributed by atoms with E-state index in [4.69, 9.17) is 0 Å². The van der Waals surface area contributed by atoms with Crippen LogP contribution in [0, 0.1) is 11.8 Å². The fraction of sp³-hybridized carbons (Fsp3) is 0.647. The van der Waals surface area contributed by atoms with Crippen LogP contribution in [-0.2, 0) is 5.60 Å². The van der Waals surface area contributed by atoms with Crippen molar-refractivity contribution in [2.45, 2.75) is 45.8 Å². The van der Waals surface area contributed by atoms with Gasteiger partial charge in [-0.05, 0) is 12.5 Å². The first kappa shape index (κ1) is 14.5. The van der Waals surface area contributed by atoms with Gasteiger partial charge in [0.05, 0.1) is 19.1 Å². The van der Waals surface area contributed by atoms with E-state index in [1.807, 2.05) is 18.2 Å². The van der Waals surface area contributed by atoms with E-state index in [1.54, 1.807) is 4.90 Å². The van der Waals surface area contributed by atoms with Gasteiger partial charge < -0.3 is 10.0 Å². The molecule has 0 amide bonds. The van der Waals surface area contributed by atoms with Gasteiger partial charge in [0.15, 0.2) is 0 Å². The molecular formula is C17H28NO+. The highest BCUT2D eigenvalue weighted by atomic mass is 16.3. The molecule has 4 atom stereocenters. The monoisotopic (exact) mass is 262 g/mol. The second-order valence-electron chi connectivity index (χ2n) is 6.76. The summed E-state index contributed by atoms with van der Waals surface area (Å²) in [6, 6.07) is 10.7. The lowest BCUT2D eigenvalue weighted by Crippen LogP contribution is -3.18. The molecule has 1 saturated heterocycles. The van der Waals surface area contributed by atoms with Crippen LogP contribution in [0.2, 0.25) is 0 Å². The van der Waals surface area contributed by atoms with Crippen molar-refractivity contribution in [1.29, 1.82) is 0 Å². The van der Waals surface area contributed by atoms with Crippen molar-refractivity contribution in [3.8, 4) is 0 Å². The van der Waals surface area contributed by atoms with Gasteiger partial charge in [0.1, 0.15) is 5.60 Å². The molecule has 0 spiro atoms. The van der Waals surface area contributed by atoms with Crippen molar-refractivity contribution in [2.75, 3.05) is 13.1 Å². The van der Waals surface area contributed by atoms with Crippen LogP contribution in [0.5, 0.6) is 0 Å². The first-order valence-electron chi connectivity index (χ1n) is 7.56. The molecule has 1 aromatic carbocycles. The molecule has 0 saturated carbocycles. The molecule has 1 heterocycles. The molecule has 1 unspecified atom stereocenters. The third kappa shape index (κ3) is 3.01. The minimum Gasteiger partial charge on any atom is -0.384 e. The molecule has 1 fully saturated rings. The first-order chi connectivity index (χ1) is 8.93. The van der Waals surface area contributed by atoms with Gasteiger partial charge in [-0.1, -0.05) is 51.1 Å². The van der Waals surface area contributed by atoms with Gasteiger partial charge in [0.25, 0.3) is 0 Å². The van der Waals surface area contributed by atoms with Crippen LogP contribution in [0.3, 0.4) is 0 Å². The van der Waals surface area contributed by atoms with Crippen LogP contribution in [-0.4, -0.2) is 24.2 Å². The summed E-state index contributed by atoms with van der Waals surface area (Å²) < 4.78 is 0. The number of likely N-dealkylation sites (tertiary alicyclic amines) is 1. The van der Waals surface area contributed by atoms with Crippen molar-refractivity contribution in [2.24, 2.45) is 11.8 Å². The standard InChI is InChI=1S/C17H27NO/c1-13(2)11-18-12-14(3)17(19,10-15(18)4)16-8-6-5-7-9-16/h5-9,13-15,19H,10-12H2,1-4H3/p+1/t14-,15+,17-/m1/s1. The average Bonchev–Trinajstić information content (AvgIpc) is 2.36. The van der Waals surface area contributed by atoms with Crippen molar-refractivity contribution < 1.29 is 10.0 Å². The summed E-state index contributed by atoms with van der Waals surface area (Å²) in [4.78, 5) is 1.64. The van der Waals surface area contributed by atoms with Crippen LogP contribution >= 0.6 is 0 Å². The van der Waals surface area contributed by atoms with Crippen LogP contribution in [0.25, 0.3) is 0 Å². The normalized spacial score (nSPS) is 35.6. The number of nitrogens with one attached hydrogen (secondary N) is 1. The SMILES string of the molecule is CC(C)C[NH+]1C[C@@H](C)[C@@](O)(c2ccccc2)C[C@@H]1C. The molecule has 2 N–H and O–H groups in total. The minimum absolute atomic E-state index is 0.305. The van der Waals surface area contributed by atoms with E-state index in [2.05, 4.69) is 39.8 Å². The summed E-state index contributed by atoms with van der Waals surface area (Å²) in [6.07, 6.45) is 0.861. The summed E-state index contributed by atoms with van der Waals surface area (Å²) in [7, 11) is 0. The molecule has 1 aromatic rings. The van der Waals surface area contributed by atoms with Crippen molar-refractivity contribution in [3.63, 3.8) is 0 Å². The Hall–Kier alpha value is -0.860. The molecule has 1 aliphatic heterocycles. The van der Waals surface area contributed by atoms with E-state index in [-0.39, 0.29) is 0 Å². The van der Waals surface area contributed by atoms with Crippen molar-refractivity contribution >= 4 is 0 Å². The second kappa shape index (κ2) is 5.64. The molecule has 19 heavy (non-hydrogen) atoms. The van der Waals surface area contributed by atoms with Crippen LogP contribution < -0.4 is 4.90 Å². The number of aliphatic hydroxyl groups is 1. The number of benzene rings is 1. The van der Waals surface area contributed by atoms with Gasteiger partial charge in [0.2, 0.25) is 0 Å². The molecule has 0 aliphatic carbocycles. The minimum atomic E-state index is -0.652. The third-order valence-electron chi connectivity index (χ3n) is 4.64. The van der Waals surface area contributed by atoms with E-state index in [0.29, 0.717) is 17.9 Å². The van der Waals surface area contributed by atoms with Gasteiger partial charge in [-0.3, -0.25) is 0 Å². The van der Waals surface area contributed by atoms with E-state index in [0.717, 1.165) is 18.5 Å². The van der Waals surface area contributed by atoms with E-state index in [1.165, 1.54) is 6.54 Å². The first-order valence-corrected chi connectivity index (χ1v) is 7.56. The average molecular weight is 262 g/mol. The Morgan fingerprint density at radius 3 is 2.47 bits per heavy atom. The molecule has 0 aromatic heterocycles. The zero-order valence-electron chi connectivity index (χ0n) is 12.7. The maximum absolute atomic E-state index is 11.1. The van der Waals surface area contributed by atoms with E-state index in [9.17, 15) is 5.11 Å². The lowest BCUT2D eigenvalue weighted by molar-refractivity contribution is -0.938. The quantitative estimate of drug-likeness (QED) is 0.854. The Bertz CT molecular complexity index is 403. The maximum atomic E-state index is 11.1. The fourth-order valence-electron chi connectivity index (χ4n) is 3.51. The highest BCUT2D eigenvalue weighted by Gasteiger charge is 2.45. The number of hydrogen-bond donors (Lipinski definition) is 2. The van der Waals surface area contributed by atoms with Gasteiger partial charge in [-0.15, -0.1) is 0 Å². The maximum Gasteiger partial charge on any atom is 0.103 e. The molecule has 0 bridgehead atoms. The van der Waals surface area contributed by atoms with E-state index >= 15 is 0 Å². The highest BCUT2D eigenvalue weighted by molar-refractivity contribution is 5.23. The Kier molecular flexibility index (Phi) is 4.32. The van der Waals surface area contributed by atoms with Gasteiger partial charge in [0, 0.05) is 18.3 Å². The number of piperidine rings is 1. The number of quaternary nitrogens is 1. The second-order valence-corrected chi connectivity index (χ2v) is 6.76. The summed E-state index contributed by atoms with van der Waals surface area (Å²) in [5.74, 6) is 1.02. The summed E-state index contributed by atoms with van der Waals surface area (Å²) >= 11 is 0. The lowest BCUT2D eigenvalue weighted by Gasteiger charge is -2.45. The topological polar surface area (TPSA) is 24.7 Å². The zero-order valence-corrected chi connectivity index (χ0v) is 12.7. The molecule has 106 valence electrons. The molecule has 0 radical (unpaired) electrons. The summed E-state index contributed by atoms with van der Waals surface area (Å²) in [5.41, 5.74) is 0.430. The van der Waals surface area contributed by atoms with Crippen LogP contribution in [0.1, 0.15) is 39.7 Å². The largest absolute Gasteiger partial charge is 0.384 e. The smallest absolute Gasteiger partial charge is 0.103 e. The van der Waals surface area contributed by atoms with Gasteiger partial charge in [-0.25, -0.2) is 0 Å².